The normalized spacial score (nSPS) is 10.9. The average Bonchev–Trinajstić information content (AvgIpc) is 3.17. The number of ether oxygens (including phenoxy) is 1. The van der Waals surface area contributed by atoms with Crippen LogP contribution < -0.4 is 5.56 Å². The van der Waals surface area contributed by atoms with Crippen LogP contribution in [0.4, 0.5) is 0 Å². The van der Waals surface area contributed by atoms with E-state index in [2.05, 4.69) is 15.3 Å². The summed E-state index contributed by atoms with van der Waals surface area (Å²) in [5, 5.41) is 7.81. The van der Waals surface area contributed by atoms with Crippen LogP contribution in [-0.4, -0.2) is 30.3 Å². The quantitative estimate of drug-likeness (QED) is 0.508. The van der Waals surface area contributed by atoms with E-state index in [1.807, 2.05) is 44.2 Å². The fourth-order valence-corrected chi connectivity index (χ4v) is 2.73. The fourth-order valence-electron chi connectivity index (χ4n) is 2.73. The molecule has 4 aromatic rings. The molecule has 0 aliphatic carbocycles. The van der Waals surface area contributed by atoms with Crippen LogP contribution >= 0.6 is 0 Å². The number of benzene rings is 1. The molecule has 0 fully saturated rings. The van der Waals surface area contributed by atoms with Crippen molar-refractivity contribution in [3.05, 3.63) is 87.7 Å². The van der Waals surface area contributed by atoms with Gasteiger partial charge in [0, 0.05) is 12.3 Å². The maximum Gasteiger partial charge on any atom is 0.360 e. The van der Waals surface area contributed by atoms with Crippen molar-refractivity contribution in [3.8, 4) is 5.69 Å². The van der Waals surface area contributed by atoms with Crippen molar-refractivity contribution in [2.24, 2.45) is 0 Å². The lowest BCUT2D eigenvalue weighted by Gasteiger charge is -2.05. The van der Waals surface area contributed by atoms with Crippen molar-refractivity contribution >= 4 is 11.6 Å². The lowest BCUT2D eigenvalue weighted by atomic mass is 10.2. The van der Waals surface area contributed by atoms with Crippen LogP contribution in [0.25, 0.3) is 11.3 Å². The molecular weight excluding hydrogens is 358 g/mol. The van der Waals surface area contributed by atoms with Gasteiger partial charge in [0.25, 0.3) is 5.56 Å². The molecule has 4 rings (SSSR count). The number of carbonyl (C=O) groups excluding carboxylic acids is 1. The van der Waals surface area contributed by atoms with Crippen LogP contribution in [0.2, 0.25) is 0 Å². The summed E-state index contributed by atoms with van der Waals surface area (Å²) in [5.41, 5.74) is 3.57. The van der Waals surface area contributed by atoms with Gasteiger partial charge in [-0.15, -0.1) is 5.10 Å². The maximum absolute atomic E-state index is 12.3. The molecular formula is C20H17N5O3. The molecule has 0 saturated carbocycles. The number of nitrogens with zero attached hydrogens (tertiary/aromatic N) is 5. The van der Waals surface area contributed by atoms with Crippen molar-refractivity contribution in [3.63, 3.8) is 0 Å². The molecule has 3 aromatic heterocycles. The minimum atomic E-state index is -0.635. The zero-order valence-corrected chi connectivity index (χ0v) is 15.4. The standard InChI is InChI=1S/C20H17N5O3/c1-13-3-6-16(7-4-13)25-11-17(22-23-25)20(27)28-12-15-9-19(26)24-10-14(2)5-8-18(24)21-15/h3-11H,12H2,1-2H3. The van der Waals surface area contributed by atoms with Crippen LogP contribution in [-0.2, 0) is 11.3 Å². The number of fused-ring (bicyclic) bond motifs is 1. The second-order valence-corrected chi connectivity index (χ2v) is 6.48. The number of hydrogen-bond acceptors (Lipinski definition) is 6. The molecule has 0 amide bonds. The topological polar surface area (TPSA) is 91.4 Å². The van der Waals surface area contributed by atoms with Crippen molar-refractivity contribution in [1.29, 1.82) is 0 Å². The highest BCUT2D eigenvalue weighted by molar-refractivity contribution is 5.86. The van der Waals surface area contributed by atoms with Crippen LogP contribution in [0, 0.1) is 13.8 Å². The maximum atomic E-state index is 12.3. The van der Waals surface area contributed by atoms with Gasteiger partial charge in [-0.3, -0.25) is 9.20 Å². The van der Waals surface area contributed by atoms with E-state index in [9.17, 15) is 9.59 Å². The van der Waals surface area contributed by atoms with Gasteiger partial charge in [0.15, 0.2) is 5.69 Å². The van der Waals surface area contributed by atoms with Crippen molar-refractivity contribution in [2.75, 3.05) is 0 Å². The van der Waals surface area contributed by atoms with Gasteiger partial charge in [-0.25, -0.2) is 14.5 Å². The highest BCUT2D eigenvalue weighted by Crippen LogP contribution is 2.10. The lowest BCUT2D eigenvalue weighted by molar-refractivity contribution is 0.0460. The van der Waals surface area contributed by atoms with E-state index in [1.165, 1.54) is 21.3 Å². The van der Waals surface area contributed by atoms with E-state index in [0.29, 0.717) is 11.3 Å². The van der Waals surface area contributed by atoms with Gasteiger partial charge in [-0.1, -0.05) is 29.0 Å². The Morgan fingerprint density at radius 1 is 1.04 bits per heavy atom. The molecule has 0 spiro atoms. The van der Waals surface area contributed by atoms with Gasteiger partial charge in [0.1, 0.15) is 12.3 Å². The summed E-state index contributed by atoms with van der Waals surface area (Å²) in [6.45, 7) is 3.75. The summed E-state index contributed by atoms with van der Waals surface area (Å²) in [4.78, 5) is 28.8. The second-order valence-electron chi connectivity index (χ2n) is 6.48. The molecule has 8 nitrogen and oxygen atoms in total. The predicted octanol–water partition coefficient (Wildman–Crippen LogP) is 2.25. The zero-order chi connectivity index (χ0) is 19.7. The Morgan fingerprint density at radius 3 is 2.57 bits per heavy atom. The van der Waals surface area contributed by atoms with Crippen LogP contribution in [0.1, 0.15) is 27.3 Å². The van der Waals surface area contributed by atoms with Crippen molar-refractivity contribution in [1.82, 2.24) is 24.4 Å². The monoisotopic (exact) mass is 375 g/mol. The fraction of sp³-hybridized carbons (Fsp3) is 0.150. The first kappa shape index (κ1) is 17.6. The molecule has 0 atom stereocenters. The minimum absolute atomic E-state index is 0.0775. The molecule has 0 saturated heterocycles. The van der Waals surface area contributed by atoms with Crippen LogP contribution in [0.3, 0.4) is 0 Å². The third-order valence-electron chi connectivity index (χ3n) is 4.21. The summed E-state index contributed by atoms with van der Waals surface area (Å²) >= 11 is 0. The van der Waals surface area contributed by atoms with Gasteiger partial charge in [-0.2, -0.15) is 0 Å². The summed E-state index contributed by atoms with van der Waals surface area (Å²) in [6, 6.07) is 12.6. The van der Waals surface area contributed by atoms with Gasteiger partial charge < -0.3 is 4.74 Å². The molecule has 3 heterocycles. The number of rotatable bonds is 4. The van der Waals surface area contributed by atoms with E-state index in [-0.39, 0.29) is 17.9 Å². The number of hydrogen-bond donors (Lipinski definition) is 0. The molecule has 0 bridgehead atoms. The Hall–Kier alpha value is -3.81. The zero-order valence-electron chi connectivity index (χ0n) is 15.4. The van der Waals surface area contributed by atoms with Crippen LogP contribution in [0.5, 0.6) is 0 Å². The number of aromatic nitrogens is 5. The van der Waals surface area contributed by atoms with Gasteiger partial charge in [-0.05, 0) is 37.6 Å². The first-order chi connectivity index (χ1) is 13.5. The second kappa shape index (κ2) is 7.07. The van der Waals surface area contributed by atoms with E-state index in [1.54, 1.807) is 12.3 Å². The Kier molecular flexibility index (Phi) is 4.44. The first-order valence-electron chi connectivity index (χ1n) is 8.65. The Balaban J connectivity index is 1.49. The molecule has 0 radical (unpaired) electrons. The van der Waals surface area contributed by atoms with Gasteiger partial charge in [0.2, 0.25) is 0 Å². The van der Waals surface area contributed by atoms with Crippen LogP contribution in [0.15, 0.2) is 59.7 Å². The molecule has 28 heavy (non-hydrogen) atoms. The number of aryl methyl sites for hydroxylation is 2. The molecule has 140 valence electrons. The number of carbonyl (C=O) groups is 1. The summed E-state index contributed by atoms with van der Waals surface area (Å²) in [6.07, 6.45) is 3.21. The van der Waals surface area contributed by atoms with E-state index >= 15 is 0 Å². The molecule has 0 N–H and O–H groups in total. The largest absolute Gasteiger partial charge is 0.454 e. The predicted molar refractivity (Wildman–Crippen MR) is 101 cm³/mol. The van der Waals surface area contributed by atoms with Crippen molar-refractivity contribution in [2.45, 2.75) is 20.5 Å². The Morgan fingerprint density at radius 2 is 1.79 bits per heavy atom. The van der Waals surface area contributed by atoms with Gasteiger partial charge in [0.05, 0.1) is 17.6 Å². The van der Waals surface area contributed by atoms with E-state index < -0.39 is 5.97 Å². The molecule has 0 unspecified atom stereocenters. The smallest absolute Gasteiger partial charge is 0.360 e. The Bertz CT molecular complexity index is 1220. The molecule has 0 aliphatic heterocycles. The van der Waals surface area contributed by atoms with Crippen molar-refractivity contribution < 1.29 is 9.53 Å². The summed E-state index contributed by atoms with van der Waals surface area (Å²) in [5.74, 6) is -0.635. The van der Waals surface area contributed by atoms with E-state index in [4.69, 9.17) is 4.74 Å². The highest BCUT2D eigenvalue weighted by atomic mass is 16.5. The molecule has 8 heteroatoms. The van der Waals surface area contributed by atoms with Gasteiger partial charge >= 0.3 is 5.97 Å². The highest BCUT2D eigenvalue weighted by Gasteiger charge is 2.14. The number of pyridine rings is 1. The molecule has 0 aliphatic rings. The minimum Gasteiger partial charge on any atom is -0.454 e. The SMILES string of the molecule is Cc1ccc(-n2cc(C(=O)OCc3cc(=O)n4cc(C)ccc4n3)nn2)cc1. The third kappa shape index (κ3) is 3.52. The molecule has 1 aromatic carbocycles. The summed E-state index contributed by atoms with van der Waals surface area (Å²) < 4.78 is 8.20. The first-order valence-corrected chi connectivity index (χ1v) is 8.65. The lowest BCUT2D eigenvalue weighted by Crippen LogP contribution is -2.17. The average molecular weight is 375 g/mol. The summed E-state index contributed by atoms with van der Waals surface area (Å²) in [7, 11) is 0. The number of esters is 1. The van der Waals surface area contributed by atoms with E-state index in [0.717, 1.165) is 16.8 Å². The Labute approximate surface area is 160 Å². The third-order valence-corrected chi connectivity index (χ3v) is 4.21.